The normalized spacial score (nSPS) is 26.6. The number of hydrogen-bond donors (Lipinski definition) is 2. The van der Waals surface area contributed by atoms with Crippen molar-refractivity contribution in [2.45, 2.75) is 43.6 Å². The third kappa shape index (κ3) is 2.79. The third-order valence-electron chi connectivity index (χ3n) is 4.84. The van der Waals surface area contributed by atoms with E-state index in [1.54, 1.807) is 12.1 Å². The molecule has 3 nitrogen and oxygen atoms in total. The summed E-state index contributed by atoms with van der Waals surface area (Å²) < 4.78 is 13.9. The predicted molar refractivity (Wildman–Crippen MR) is 80.7 cm³/mol. The van der Waals surface area contributed by atoms with Crippen LogP contribution < -0.4 is 11.1 Å². The number of rotatable bonds is 4. The van der Waals surface area contributed by atoms with E-state index in [-0.39, 0.29) is 29.1 Å². The summed E-state index contributed by atoms with van der Waals surface area (Å²) in [6.07, 6.45) is 4.74. The fourth-order valence-corrected chi connectivity index (χ4v) is 3.76. The van der Waals surface area contributed by atoms with Crippen LogP contribution in [0.3, 0.4) is 0 Å². The van der Waals surface area contributed by atoms with E-state index in [4.69, 9.17) is 17.3 Å². The molecule has 0 spiro atoms. The highest BCUT2D eigenvalue weighted by molar-refractivity contribution is 6.31. The Balaban J connectivity index is 1.69. The van der Waals surface area contributed by atoms with Crippen molar-refractivity contribution >= 4 is 17.5 Å². The molecule has 2 saturated carbocycles. The Morgan fingerprint density at radius 1 is 1.43 bits per heavy atom. The van der Waals surface area contributed by atoms with E-state index in [2.05, 4.69) is 5.32 Å². The van der Waals surface area contributed by atoms with E-state index < -0.39 is 0 Å². The molecule has 1 aromatic rings. The largest absolute Gasteiger partial charge is 0.349 e. The maximum absolute atomic E-state index is 13.9. The van der Waals surface area contributed by atoms with Crippen molar-refractivity contribution in [2.75, 3.05) is 6.54 Å². The van der Waals surface area contributed by atoms with Crippen molar-refractivity contribution in [3.63, 3.8) is 0 Å². The Labute approximate surface area is 129 Å². The molecule has 2 aliphatic rings. The predicted octanol–water partition coefficient (Wildman–Crippen LogP) is 2.97. The Hall–Kier alpha value is -1.13. The lowest BCUT2D eigenvalue weighted by molar-refractivity contribution is -0.124. The summed E-state index contributed by atoms with van der Waals surface area (Å²) in [6.45, 7) is 0.469. The fourth-order valence-electron chi connectivity index (χ4n) is 3.45. The van der Waals surface area contributed by atoms with Gasteiger partial charge in [-0.2, -0.15) is 0 Å². The van der Waals surface area contributed by atoms with Gasteiger partial charge in [0.1, 0.15) is 5.82 Å². The number of nitrogens with one attached hydrogen (secondary N) is 1. The molecular weight excluding hydrogens is 291 g/mol. The molecule has 3 N–H and O–H groups in total. The van der Waals surface area contributed by atoms with Gasteiger partial charge in [-0.15, -0.1) is 0 Å². The average molecular weight is 311 g/mol. The van der Waals surface area contributed by atoms with Gasteiger partial charge in [0.25, 0.3) is 0 Å². The molecule has 2 unspecified atom stereocenters. The Morgan fingerprint density at radius 2 is 2.14 bits per heavy atom. The lowest BCUT2D eigenvalue weighted by Crippen LogP contribution is -2.52. The standard InChI is InChI=1S/C16H20ClFN2O/c17-12-4-3-5-13(18)14(12)10-8-11(10)15(21)20-16(9-19)6-1-2-7-16/h3-5,10-11H,1-2,6-9,19H2,(H,20,21). The highest BCUT2D eigenvalue weighted by Crippen LogP contribution is 2.51. The van der Waals surface area contributed by atoms with Gasteiger partial charge in [-0.1, -0.05) is 30.5 Å². The van der Waals surface area contributed by atoms with Crippen LogP contribution >= 0.6 is 11.6 Å². The second-order valence-electron chi connectivity index (χ2n) is 6.26. The molecule has 2 fully saturated rings. The van der Waals surface area contributed by atoms with Gasteiger partial charge in [-0.05, 0) is 31.4 Å². The number of nitrogens with two attached hydrogens (primary N) is 1. The number of amides is 1. The molecule has 0 heterocycles. The minimum absolute atomic E-state index is 0.00771. The summed E-state index contributed by atoms with van der Waals surface area (Å²) in [7, 11) is 0. The van der Waals surface area contributed by atoms with Crippen LogP contribution in [0.1, 0.15) is 43.6 Å². The first-order chi connectivity index (χ1) is 10.1. The van der Waals surface area contributed by atoms with E-state index in [0.717, 1.165) is 25.7 Å². The van der Waals surface area contributed by atoms with Gasteiger partial charge in [0, 0.05) is 29.0 Å². The van der Waals surface area contributed by atoms with Gasteiger partial charge >= 0.3 is 0 Å². The van der Waals surface area contributed by atoms with Crippen LogP contribution in [0.25, 0.3) is 0 Å². The molecule has 0 radical (unpaired) electrons. The van der Waals surface area contributed by atoms with Crippen LogP contribution in [0.4, 0.5) is 4.39 Å². The van der Waals surface area contributed by atoms with Crippen LogP contribution in [0.15, 0.2) is 18.2 Å². The van der Waals surface area contributed by atoms with Gasteiger partial charge in [0.15, 0.2) is 0 Å². The van der Waals surface area contributed by atoms with E-state index in [0.29, 0.717) is 23.6 Å². The van der Waals surface area contributed by atoms with Gasteiger partial charge in [-0.3, -0.25) is 4.79 Å². The first-order valence-corrected chi connectivity index (χ1v) is 7.90. The Bertz CT molecular complexity index is 537. The molecular formula is C16H20ClFN2O. The maximum atomic E-state index is 13.9. The maximum Gasteiger partial charge on any atom is 0.224 e. The van der Waals surface area contributed by atoms with Gasteiger partial charge in [0.05, 0.1) is 5.54 Å². The molecule has 0 bridgehead atoms. The first kappa shape index (κ1) is 14.8. The minimum atomic E-state index is -0.322. The van der Waals surface area contributed by atoms with Gasteiger partial charge in [-0.25, -0.2) is 4.39 Å². The molecule has 21 heavy (non-hydrogen) atoms. The van der Waals surface area contributed by atoms with E-state index in [1.165, 1.54) is 6.07 Å². The van der Waals surface area contributed by atoms with Crippen molar-refractivity contribution < 1.29 is 9.18 Å². The summed E-state index contributed by atoms with van der Waals surface area (Å²) in [5.41, 5.74) is 6.07. The van der Waals surface area contributed by atoms with E-state index in [9.17, 15) is 9.18 Å². The quantitative estimate of drug-likeness (QED) is 0.898. The van der Waals surface area contributed by atoms with Crippen LogP contribution in [-0.4, -0.2) is 18.0 Å². The lowest BCUT2D eigenvalue weighted by atomic mass is 9.97. The van der Waals surface area contributed by atoms with Crippen molar-refractivity contribution in [1.29, 1.82) is 0 Å². The SMILES string of the molecule is NCC1(NC(=O)C2CC2c2c(F)cccc2Cl)CCCC1. The second-order valence-corrected chi connectivity index (χ2v) is 6.67. The molecule has 2 atom stereocenters. The summed E-state index contributed by atoms with van der Waals surface area (Å²) >= 11 is 6.07. The highest BCUT2D eigenvalue weighted by Gasteiger charge is 2.48. The molecule has 0 aliphatic heterocycles. The smallest absolute Gasteiger partial charge is 0.224 e. The summed E-state index contributed by atoms with van der Waals surface area (Å²) in [5, 5.41) is 3.52. The molecule has 0 saturated heterocycles. The Morgan fingerprint density at radius 3 is 2.76 bits per heavy atom. The average Bonchev–Trinajstić information content (AvgIpc) is 3.10. The molecule has 1 amide bonds. The van der Waals surface area contributed by atoms with E-state index >= 15 is 0 Å². The molecule has 1 aromatic carbocycles. The van der Waals surface area contributed by atoms with E-state index in [1.807, 2.05) is 0 Å². The van der Waals surface area contributed by atoms with Gasteiger partial charge < -0.3 is 11.1 Å². The summed E-state index contributed by atoms with van der Waals surface area (Å²) in [6, 6.07) is 4.65. The molecule has 5 heteroatoms. The van der Waals surface area contributed by atoms with Crippen molar-refractivity contribution in [3.05, 3.63) is 34.6 Å². The van der Waals surface area contributed by atoms with Crippen LogP contribution in [-0.2, 0) is 4.79 Å². The highest BCUT2D eigenvalue weighted by atomic mass is 35.5. The monoisotopic (exact) mass is 310 g/mol. The Kier molecular flexibility index (Phi) is 3.93. The number of benzene rings is 1. The molecule has 0 aromatic heterocycles. The first-order valence-electron chi connectivity index (χ1n) is 7.52. The number of carbonyl (C=O) groups excluding carboxylic acids is 1. The topological polar surface area (TPSA) is 55.1 Å². The van der Waals surface area contributed by atoms with Crippen molar-refractivity contribution in [3.8, 4) is 0 Å². The molecule has 2 aliphatic carbocycles. The van der Waals surface area contributed by atoms with Crippen molar-refractivity contribution in [2.24, 2.45) is 11.7 Å². The zero-order chi connectivity index (χ0) is 15.0. The number of halogens is 2. The second kappa shape index (κ2) is 5.58. The summed E-state index contributed by atoms with van der Waals surface area (Å²) in [5.74, 6) is -0.609. The molecule has 114 valence electrons. The summed E-state index contributed by atoms with van der Waals surface area (Å²) in [4.78, 5) is 12.4. The minimum Gasteiger partial charge on any atom is -0.349 e. The fraction of sp³-hybridized carbons (Fsp3) is 0.562. The van der Waals surface area contributed by atoms with Gasteiger partial charge in [0.2, 0.25) is 5.91 Å². The van der Waals surface area contributed by atoms with Crippen LogP contribution in [0.5, 0.6) is 0 Å². The number of hydrogen-bond acceptors (Lipinski definition) is 2. The van der Waals surface area contributed by atoms with Crippen LogP contribution in [0, 0.1) is 11.7 Å². The lowest BCUT2D eigenvalue weighted by Gasteiger charge is -2.28. The number of carbonyl (C=O) groups is 1. The van der Waals surface area contributed by atoms with Crippen molar-refractivity contribution in [1.82, 2.24) is 5.32 Å². The van der Waals surface area contributed by atoms with Crippen LogP contribution in [0.2, 0.25) is 5.02 Å². The molecule has 3 rings (SSSR count). The third-order valence-corrected chi connectivity index (χ3v) is 5.17. The zero-order valence-corrected chi connectivity index (χ0v) is 12.6. The zero-order valence-electron chi connectivity index (χ0n) is 11.9.